The fourth-order valence-corrected chi connectivity index (χ4v) is 2.39. The van der Waals surface area contributed by atoms with E-state index in [0.29, 0.717) is 5.69 Å². The zero-order valence-corrected chi connectivity index (χ0v) is 12.8. The number of nitrogens with one attached hydrogen (secondary N) is 2. The molecule has 1 aliphatic rings. The van der Waals surface area contributed by atoms with E-state index in [9.17, 15) is 13.2 Å². The Hall–Kier alpha value is -1.56. The first-order valence-corrected chi connectivity index (χ1v) is 8.49. The third-order valence-electron chi connectivity index (χ3n) is 3.78. The average molecular weight is 296 g/mol. The minimum atomic E-state index is -3.46. The van der Waals surface area contributed by atoms with E-state index in [1.165, 1.54) is 13.8 Å². The summed E-state index contributed by atoms with van der Waals surface area (Å²) in [6.45, 7) is 3.79. The van der Waals surface area contributed by atoms with Gasteiger partial charge >= 0.3 is 0 Å². The fraction of sp³-hybridized carbons (Fsp3) is 0.500. The van der Waals surface area contributed by atoms with Gasteiger partial charge in [-0.15, -0.1) is 0 Å². The largest absolute Gasteiger partial charge is 0.385 e. The Labute approximate surface area is 119 Å². The number of benzene rings is 1. The van der Waals surface area contributed by atoms with Crippen LogP contribution in [0.1, 0.15) is 25.8 Å². The van der Waals surface area contributed by atoms with E-state index < -0.39 is 20.5 Å². The third-order valence-corrected chi connectivity index (χ3v) is 5.81. The Bertz CT molecular complexity index is 636. The summed E-state index contributed by atoms with van der Waals surface area (Å²) in [4.78, 5) is 12.1. The van der Waals surface area contributed by atoms with Crippen molar-refractivity contribution in [2.24, 2.45) is 0 Å². The van der Waals surface area contributed by atoms with Gasteiger partial charge in [-0.25, -0.2) is 8.42 Å². The molecule has 0 saturated carbocycles. The van der Waals surface area contributed by atoms with Gasteiger partial charge in [0.15, 0.2) is 9.84 Å². The zero-order chi connectivity index (χ0) is 15.0. The maximum absolute atomic E-state index is 12.1. The molecule has 0 bridgehead atoms. The highest BCUT2D eigenvalue weighted by Crippen LogP contribution is 2.26. The van der Waals surface area contributed by atoms with Crippen LogP contribution in [0.5, 0.6) is 0 Å². The van der Waals surface area contributed by atoms with E-state index in [1.54, 1.807) is 6.07 Å². The van der Waals surface area contributed by atoms with Gasteiger partial charge in [-0.2, -0.15) is 0 Å². The molecule has 110 valence electrons. The summed E-state index contributed by atoms with van der Waals surface area (Å²) < 4.78 is 21.8. The lowest BCUT2D eigenvalue weighted by atomic mass is 10.0. The summed E-state index contributed by atoms with van der Waals surface area (Å²) in [5, 5.41) is 5.98. The van der Waals surface area contributed by atoms with Gasteiger partial charge in [0.1, 0.15) is 4.75 Å². The Morgan fingerprint density at radius 3 is 2.70 bits per heavy atom. The second-order valence-electron chi connectivity index (χ2n) is 5.64. The minimum Gasteiger partial charge on any atom is -0.385 e. The molecule has 0 spiro atoms. The second kappa shape index (κ2) is 5.09. The van der Waals surface area contributed by atoms with Gasteiger partial charge in [-0.3, -0.25) is 4.79 Å². The Morgan fingerprint density at radius 1 is 1.35 bits per heavy atom. The van der Waals surface area contributed by atoms with Crippen LogP contribution in [0.15, 0.2) is 18.2 Å². The van der Waals surface area contributed by atoms with Crippen molar-refractivity contribution in [2.75, 3.05) is 23.4 Å². The molecule has 6 heteroatoms. The molecule has 0 saturated heterocycles. The van der Waals surface area contributed by atoms with E-state index in [1.807, 2.05) is 12.1 Å². The lowest BCUT2D eigenvalue weighted by Gasteiger charge is -2.23. The predicted molar refractivity (Wildman–Crippen MR) is 80.8 cm³/mol. The maximum Gasteiger partial charge on any atom is 0.245 e. The van der Waals surface area contributed by atoms with Crippen molar-refractivity contribution in [1.29, 1.82) is 0 Å². The van der Waals surface area contributed by atoms with Crippen molar-refractivity contribution in [3.63, 3.8) is 0 Å². The van der Waals surface area contributed by atoms with Gasteiger partial charge < -0.3 is 10.6 Å². The molecule has 2 N–H and O–H groups in total. The minimum absolute atomic E-state index is 0.510. The number of hydrogen-bond acceptors (Lipinski definition) is 4. The highest BCUT2D eigenvalue weighted by molar-refractivity contribution is 7.92. The van der Waals surface area contributed by atoms with Gasteiger partial charge in [0, 0.05) is 24.2 Å². The standard InChI is InChI=1S/C14H20N2O3S/c1-14(2,20(3,18)19)13(17)16-11-6-7-12-10(9-11)5-4-8-15-12/h6-7,9,15H,4-5,8H2,1-3H3,(H,16,17). The van der Waals surface area contributed by atoms with E-state index in [-0.39, 0.29) is 0 Å². The number of carbonyl (C=O) groups excluding carboxylic acids is 1. The SMILES string of the molecule is CC(C)(C(=O)Nc1ccc2c(c1)CCCN2)S(C)(=O)=O. The van der Waals surface area contributed by atoms with Crippen LogP contribution in [0, 0.1) is 0 Å². The molecule has 2 rings (SSSR count). The summed E-state index contributed by atoms with van der Waals surface area (Å²) >= 11 is 0. The van der Waals surface area contributed by atoms with Gasteiger partial charge in [0.25, 0.3) is 0 Å². The van der Waals surface area contributed by atoms with Crippen molar-refractivity contribution in [1.82, 2.24) is 0 Å². The molecule has 5 nitrogen and oxygen atoms in total. The number of amides is 1. The molecule has 0 aliphatic carbocycles. The summed E-state index contributed by atoms with van der Waals surface area (Å²) in [6, 6.07) is 5.60. The average Bonchev–Trinajstić information content (AvgIpc) is 2.37. The van der Waals surface area contributed by atoms with Gasteiger partial charge in [0.05, 0.1) is 0 Å². The van der Waals surface area contributed by atoms with Crippen molar-refractivity contribution in [3.05, 3.63) is 23.8 Å². The molecular formula is C14H20N2O3S. The lowest BCUT2D eigenvalue weighted by molar-refractivity contribution is -0.117. The van der Waals surface area contributed by atoms with Gasteiger partial charge in [-0.05, 0) is 50.5 Å². The van der Waals surface area contributed by atoms with E-state index in [0.717, 1.165) is 36.9 Å². The quantitative estimate of drug-likeness (QED) is 0.892. The first-order valence-electron chi connectivity index (χ1n) is 6.59. The summed E-state index contributed by atoms with van der Waals surface area (Å²) in [5.74, 6) is -0.510. The highest BCUT2D eigenvalue weighted by Gasteiger charge is 2.38. The van der Waals surface area contributed by atoms with Crippen LogP contribution in [0.3, 0.4) is 0 Å². The maximum atomic E-state index is 12.1. The van der Waals surface area contributed by atoms with E-state index >= 15 is 0 Å². The summed E-state index contributed by atoms with van der Waals surface area (Å²) in [7, 11) is -3.46. The topological polar surface area (TPSA) is 75.3 Å². The van der Waals surface area contributed by atoms with E-state index in [4.69, 9.17) is 0 Å². The Kier molecular flexibility index (Phi) is 3.77. The van der Waals surface area contributed by atoms with Crippen LogP contribution in [0.4, 0.5) is 11.4 Å². The van der Waals surface area contributed by atoms with Crippen molar-refractivity contribution < 1.29 is 13.2 Å². The molecule has 20 heavy (non-hydrogen) atoms. The second-order valence-corrected chi connectivity index (χ2v) is 8.20. The van der Waals surface area contributed by atoms with Crippen molar-refractivity contribution >= 4 is 27.1 Å². The zero-order valence-electron chi connectivity index (χ0n) is 12.0. The summed E-state index contributed by atoms with van der Waals surface area (Å²) in [5.41, 5.74) is 2.86. The van der Waals surface area contributed by atoms with Crippen molar-refractivity contribution in [3.8, 4) is 0 Å². The smallest absolute Gasteiger partial charge is 0.245 e. The first-order chi connectivity index (χ1) is 9.22. The number of carbonyl (C=O) groups is 1. The molecule has 0 aromatic heterocycles. The third kappa shape index (κ3) is 2.80. The number of fused-ring (bicyclic) bond motifs is 1. The monoisotopic (exact) mass is 296 g/mol. The number of aryl methyl sites for hydroxylation is 1. The van der Waals surface area contributed by atoms with Crippen LogP contribution >= 0.6 is 0 Å². The van der Waals surface area contributed by atoms with Gasteiger partial charge in [0.2, 0.25) is 5.91 Å². The predicted octanol–water partition coefficient (Wildman–Crippen LogP) is 1.81. The molecule has 1 aromatic carbocycles. The molecular weight excluding hydrogens is 276 g/mol. The molecule has 0 radical (unpaired) electrons. The number of hydrogen-bond donors (Lipinski definition) is 2. The van der Waals surface area contributed by atoms with Crippen LogP contribution in [-0.4, -0.2) is 31.9 Å². The summed E-state index contributed by atoms with van der Waals surface area (Å²) in [6.07, 6.45) is 3.09. The molecule has 0 atom stereocenters. The molecule has 1 aliphatic heterocycles. The van der Waals surface area contributed by atoms with Gasteiger partial charge in [-0.1, -0.05) is 0 Å². The van der Waals surface area contributed by atoms with Crippen LogP contribution in [-0.2, 0) is 21.1 Å². The molecule has 1 amide bonds. The highest BCUT2D eigenvalue weighted by atomic mass is 32.2. The lowest BCUT2D eigenvalue weighted by Crippen LogP contribution is -2.43. The Balaban J connectivity index is 2.20. The fourth-order valence-electron chi connectivity index (χ4n) is 2.00. The number of anilines is 2. The van der Waals surface area contributed by atoms with E-state index in [2.05, 4.69) is 10.6 Å². The number of rotatable bonds is 3. The molecule has 0 fully saturated rings. The van der Waals surface area contributed by atoms with Crippen molar-refractivity contribution in [2.45, 2.75) is 31.4 Å². The molecule has 1 aromatic rings. The Morgan fingerprint density at radius 2 is 2.05 bits per heavy atom. The van der Waals surface area contributed by atoms with Crippen LogP contribution < -0.4 is 10.6 Å². The molecule has 0 unspecified atom stereocenters. The first kappa shape index (κ1) is 14.8. The van der Waals surface area contributed by atoms with Crippen LogP contribution in [0.2, 0.25) is 0 Å². The molecule has 1 heterocycles. The van der Waals surface area contributed by atoms with Crippen LogP contribution in [0.25, 0.3) is 0 Å². The normalized spacial score (nSPS) is 15.2. The number of sulfone groups is 1.